The van der Waals surface area contributed by atoms with E-state index >= 15 is 0 Å². The molecule has 0 aliphatic rings. The highest BCUT2D eigenvalue weighted by Crippen LogP contribution is 2.30. The summed E-state index contributed by atoms with van der Waals surface area (Å²) >= 11 is 0. The van der Waals surface area contributed by atoms with Crippen molar-refractivity contribution in [3.63, 3.8) is 0 Å². The second kappa shape index (κ2) is 7.03. The second-order valence-electron chi connectivity index (χ2n) is 5.93. The van der Waals surface area contributed by atoms with Crippen LogP contribution in [-0.2, 0) is 10.0 Å². The Morgan fingerprint density at radius 1 is 1.08 bits per heavy atom. The summed E-state index contributed by atoms with van der Waals surface area (Å²) in [4.78, 5) is 12.7. The van der Waals surface area contributed by atoms with Crippen LogP contribution in [-0.4, -0.2) is 38.0 Å². The molecule has 2 aromatic carbocycles. The van der Waals surface area contributed by atoms with Gasteiger partial charge in [-0.1, -0.05) is 36.4 Å². The highest BCUT2D eigenvalue weighted by molar-refractivity contribution is 7.89. The normalized spacial score (nSPS) is 12.0. The van der Waals surface area contributed by atoms with Crippen LogP contribution >= 0.6 is 0 Å². The Bertz CT molecular complexity index is 1100. The number of para-hydroxylation sites is 1. The number of fused-ring (bicyclic) bond motifs is 1. The molecule has 1 heterocycles. The van der Waals surface area contributed by atoms with Gasteiger partial charge in [0.1, 0.15) is 10.7 Å². The summed E-state index contributed by atoms with van der Waals surface area (Å²) in [5, 5.41) is 9.26. The van der Waals surface area contributed by atoms with Gasteiger partial charge in [0.15, 0.2) is 11.0 Å². The first-order valence-electron chi connectivity index (χ1n) is 8.07. The first kappa shape index (κ1) is 18.3. The molecular formula is C19H19NO5S. The van der Waals surface area contributed by atoms with Gasteiger partial charge in [0, 0.05) is 24.7 Å². The van der Waals surface area contributed by atoms with Crippen molar-refractivity contribution in [1.82, 2.24) is 4.31 Å². The first-order chi connectivity index (χ1) is 12.4. The van der Waals surface area contributed by atoms with Crippen molar-refractivity contribution in [2.45, 2.75) is 11.8 Å². The number of aliphatic hydroxyl groups is 1. The number of sulfonamides is 1. The molecular weight excluding hydrogens is 354 g/mol. The van der Waals surface area contributed by atoms with Crippen molar-refractivity contribution in [3.8, 4) is 11.3 Å². The Labute approximate surface area is 151 Å². The number of benzene rings is 2. The van der Waals surface area contributed by atoms with E-state index in [1.165, 1.54) is 19.2 Å². The van der Waals surface area contributed by atoms with Crippen LogP contribution in [0.1, 0.15) is 5.56 Å². The van der Waals surface area contributed by atoms with Crippen molar-refractivity contribution < 1.29 is 17.9 Å². The van der Waals surface area contributed by atoms with E-state index in [4.69, 9.17) is 9.52 Å². The van der Waals surface area contributed by atoms with Gasteiger partial charge in [0.2, 0.25) is 10.0 Å². The third kappa shape index (κ3) is 3.05. The van der Waals surface area contributed by atoms with Gasteiger partial charge in [-0.2, -0.15) is 4.31 Å². The summed E-state index contributed by atoms with van der Waals surface area (Å²) in [5.74, 6) is 0.343. The highest BCUT2D eigenvalue weighted by Gasteiger charge is 2.26. The zero-order valence-electron chi connectivity index (χ0n) is 14.5. The maximum Gasteiger partial charge on any atom is 0.246 e. The number of likely N-dealkylation sites (N-methyl/N-ethyl adjacent to an activating group) is 1. The molecule has 0 atom stereocenters. The van der Waals surface area contributed by atoms with Crippen molar-refractivity contribution in [3.05, 3.63) is 64.3 Å². The van der Waals surface area contributed by atoms with Gasteiger partial charge in [-0.3, -0.25) is 4.79 Å². The van der Waals surface area contributed by atoms with Crippen molar-refractivity contribution in [2.24, 2.45) is 0 Å². The fourth-order valence-electron chi connectivity index (χ4n) is 2.78. The van der Waals surface area contributed by atoms with E-state index in [2.05, 4.69) is 0 Å². The number of rotatable bonds is 5. The van der Waals surface area contributed by atoms with E-state index in [1.54, 1.807) is 25.1 Å². The molecule has 0 saturated carbocycles. The minimum Gasteiger partial charge on any atom is -0.454 e. The molecule has 0 bridgehead atoms. The number of nitrogens with zero attached hydrogens (tertiary/aromatic N) is 1. The van der Waals surface area contributed by atoms with Crippen LogP contribution in [0.5, 0.6) is 0 Å². The molecule has 1 aromatic heterocycles. The van der Waals surface area contributed by atoms with E-state index in [-0.39, 0.29) is 34.4 Å². The summed E-state index contributed by atoms with van der Waals surface area (Å²) in [6.07, 6.45) is 0. The Balaban J connectivity index is 2.34. The van der Waals surface area contributed by atoms with E-state index in [1.807, 2.05) is 18.2 Å². The molecule has 0 fully saturated rings. The summed E-state index contributed by atoms with van der Waals surface area (Å²) in [6, 6.07) is 13.5. The second-order valence-corrected chi connectivity index (χ2v) is 7.95. The monoisotopic (exact) mass is 373 g/mol. The number of hydrogen-bond donors (Lipinski definition) is 1. The molecule has 6 nitrogen and oxygen atoms in total. The smallest absolute Gasteiger partial charge is 0.246 e. The summed E-state index contributed by atoms with van der Waals surface area (Å²) in [7, 11) is -2.55. The van der Waals surface area contributed by atoms with Gasteiger partial charge in [-0.15, -0.1) is 0 Å². The molecule has 3 aromatic rings. The minimum atomic E-state index is -3.92. The minimum absolute atomic E-state index is 0.0201. The molecule has 26 heavy (non-hydrogen) atoms. The van der Waals surface area contributed by atoms with Gasteiger partial charge < -0.3 is 9.52 Å². The Morgan fingerprint density at radius 2 is 1.77 bits per heavy atom. The van der Waals surface area contributed by atoms with E-state index in [0.717, 1.165) is 4.31 Å². The van der Waals surface area contributed by atoms with Crippen LogP contribution in [0.25, 0.3) is 22.3 Å². The van der Waals surface area contributed by atoms with E-state index in [0.29, 0.717) is 16.9 Å². The molecule has 136 valence electrons. The zero-order valence-corrected chi connectivity index (χ0v) is 15.3. The Hall–Kier alpha value is -2.48. The lowest BCUT2D eigenvalue weighted by Gasteiger charge is -2.17. The van der Waals surface area contributed by atoms with Gasteiger partial charge in [-0.05, 0) is 19.1 Å². The number of aliphatic hydroxyl groups excluding tert-OH is 1. The molecule has 0 spiro atoms. The van der Waals surface area contributed by atoms with Crippen LogP contribution in [0.3, 0.4) is 0 Å². The van der Waals surface area contributed by atoms with Gasteiger partial charge in [-0.25, -0.2) is 8.42 Å². The van der Waals surface area contributed by atoms with Crippen molar-refractivity contribution in [2.75, 3.05) is 20.2 Å². The lowest BCUT2D eigenvalue weighted by Crippen LogP contribution is -2.30. The van der Waals surface area contributed by atoms with E-state index in [9.17, 15) is 13.2 Å². The topological polar surface area (TPSA) is 87.8 Å². The maximum atomic E-state index is 12.8. The molecule has 0 radical (unpaired) electrons. The standard InChI is InChI=1S/C19H19NO5S/c1-13-17(22)15-9-6-10-16(26(23,24)20(2)11-12-21)19(15)25-18(13)14-7-4-3-5-8-14/h3-10,21H,11-12H2,1-2H3. The van der Waals surface area contributed by atoms with Crippen LogP contribution in [0.15, 0.2) is 62.6 Å². The first-order valence-corrected chi connectivity index (χ1v) is 9.51. The third-order valence-corrected chi connectivity index (χ3v) is 6.13. The molecule has 7 heteroatoms. The van der Waals surface area contributed by atoms with Crippen LogP contribution < -0.4 is 5.43 Å². The summed E-state index contributed by atoms with van der Waals surface area (Å²) in [6.45, 7) is 1.30. The average Bonchev–Trinajstić information content (AvgIpc) is 2.65. The fraction of sp³-hybridized carbons (Fsp3) is 0.211. The molecule has 3 rings (SSSR count). The molecule has 1 N–H and O–H groups in total. The van der Waals surface area contributed by atoms with Crippen LogP contribution in [0.2, 0.25) is 0 Å². The predicted octanol–water partition coefficient (Wildman–Crippen LogP) is 2.38. The highest BCUT2D eigenvalue weighted by atomic mass is 32.2. The van der Waals surface area contributed by atoms with Gasteiger partial charge >= 0.3 is 0 Å². The average molecular weight is 373 g/mol. The van der Waals surface area contributed by atoms with Crippen molar-refractivity contribution >= 4 is 21.0 Å². The largest absolute Gasteiger partial charge is 0.454 e. The number of hydrogen-bond acceptors (Lipinski definition) is 5. The Morgan fingerprint density at radius 3 is 2.42 bits per heavy atom. The zero-order chi connectivity index (χ0) is 18.9. The summed E-state index contributed by atoms with van der Waals surface area (Å²) in [5.41, 5.74) is 0.862. The fourth-order valence-corrected chi connectivity index (χ4v) is 4.07. The molecule has 0 amide bonds. The molecule has 0 aliphatic carbocycles. The van der Waals surface area contributed by atoms with Crippen LogP contribution in [0, 0.1) is 6.92 Å². The molecule has 0 aliphatic heterocycles. The SMILES string of the molecule is Cc1c(-c2ccccc2)oc2c(S(=O)(=O)N(C)CCO)cccc2c1=O. The molecule has 0 unspecified atom stereocenters. The third-order valence-electron chi connectivity index (χ3n) is 4.25. The van der Waals surface area contributed by atoms with Gasteiger partial charge in [0.25, 0.3) is 0 Å². The quantitative estimate of drug-likeness (QED) is 0.742. The Kier molecular flexibility index (Phi) is 4.95. The lowest BCUT2D eigenvalue weighted by molar-refractivity contribution is 0.266. The van der Waals surface area contributed by atoms with E-state index < -0.39 is 10.0 Å². The summed E-state index contributed by atoms with van der Waals surface area (Å²) < 4.78 is 32.6. The van der Waals surface area contributed by atoms with Crippen molar-refractivity contribution in [1.29, 1.82) is 0 Å². The molecule has 0 saturated heterocycles. The van der Waals surface area contributed by atoms with Crippen LogP contribution in [0.4, 0.5) is 0 Å². The predicted molar refractivity (Wildman–Crippen MR) is 99.6 cm³/mol. The lowest BCUT2D eigenvalue weighted by atomic mass is 10.1. The maximum absolute atomic E-state index is 12.8. The van der Waals surface area contributed by atoms with Gasteiger partial charge in [0.05, 0.1) is 12.0 Å².